The fraction of sp³-hybridized carbons (Fsp3) is 0.692. The van der Waals surface area contributed by atoms with Gasteiger partial charge in [-0.3, -0.25) is 10.00 Å². The predicted molar refractivity (Wildman–Crippen MR) is 71.2 cm³/mol. The number of amides is 2. The molecule has 6 heteroatoms. The van der Waals surface area contributed by atoms with Gasteiger partial charge in [-0.25, -0.2) is 4.79 Å². The van der Waals surface area contributed by atoms with E-state index in [1.807, 2.05) is 7.05 Å². The summed E-state index contributed by atoms with van der Waals surface area (Å²) in [5, 5.41) is 10.2. The number of fused-ring (bicyclic) bond motifs is 1. The number of rotatable bonds is 3. The Bertz CT molecular complexity index is 477. The van der Waals surface area contributed by atoms with E-state index in [2.05, 4.69) is 15.7 Å². The molecular formula is C13H20N4O2. The third-order valence-corrected chi connectivity index (χ3v) is 3.82. The molecule has 1 fully saturated rings. The first-order valence-electron chi connectivity index (χ1n) is 6.95. The van der Waals surface area contributed by atoms with Crippen molar-refractivity contribution in [3.8, 4) is 0 Å². The quantitative estimate of drug-likeness (QED) is 0.862. The molecule has 1 aliphatic carbocycles. The number of carbonyl (C=O) groups excluding carboxylic acids is 1. The zero-order chi connectivity index (χ0) is 13.2. The van der Waals surface area contributed by atoms with Crippen molar-refractivity contribution in [2.45, 2.75) is 38.2 Å². The van der Waals surface area contributed by atoms with Crippen LogP contribution in [0.5, 0.6) is 0 Å². The van der Waals surface area contributed by atoms with E-state index < -0.39 is 0 Å². The number of urea groups is 1. The number of aromatic nitrogens is 2. The van der Waals surface area contributed by atoms with Crippen molar-refractivity contribution in [2.24, 2.45) is 7.05 Å². The topological polar surface area (TPSA) is 68.2 Å². The Balaban J connectivity index is 1.57. The Kier molecular flexibility index (Phi) is 3.42. The smallest absolute Gasteiger partial charge is 0.320 e. The first kappa shape index (κ1) is 12.5. The largest absolute Gasteiger partial charge is 0.376 e. The molecule has 1 aliphatic heterocycles. The van der Waals surface area contributed by atoms with Gasteiger partial charge in [-0.2, -0.15) is 5.10 Å². The van der Waals surface area contributed by atoms with Gasteiger partial charge in [-0.15, -0.1) is 0 Å². The second-order valence-electron chi connectivity index (χ2n) is 5.22. The normalized spacial score (nSPS) is 21.4. The van der Waals surface area contributed by atoms with Gasteiger partial charge in [-0.1, -0.05) is 0 Å². The van der Waals surface area contributed by atoms with Crippen molar-refractivity contribution in [1.82, 2.24) is 15.1 Å². The summed E-state index contributed by atoms with van der Waals surface area (Å²) in [5.74, 6) is 0.831. The molecular weight excluding hydrogens is 244 g/mol. The molecule has 1 atom stereocenters. The van der Waals surface area contributed by atoms with E-state index >= 15 is 0 Å². The van der Waals surface area contributed by atoms with Gasteiger partial charge in [0.05, 0.1) is 11.8 Å². The van der Waals surface area contributed by atoms with Crippen molar-refractivity contribution < 1.29 is 9.53 Å². The van der Waals surface area contributed by atoms with Crippen molar-refractivity contribution in [3.63, 3.8) is 0 Å². The van der Waals surface area contributed by atoms with E-state index in [1.54, 1.807) is 4.68 Å². The molecule has 0 bridgehead atoms. The second-order valence-corrected chi connectivity index (χ2v) is 5.22. The lowest BCUT2D eigenvalue weighted by atomic mass is 10.2. The van der Waals surface area contributed by atoms with Gasteiger partial charge in [0.2, 0.25) is 0 Å². The molecule has 1 saturated heterocycles. The third-order valence-electron chi connectivity index (χ3n) is 3.82. The van der Waals surface area contributed by atoms with Crippen LogP contribution in [0.4, 0.5) is 10.6 Å². The van der Waals surface area contributed by atoms with E-state index in [4.69, 9.17) is 4.74 Å². The van der Waals surface area contributed by atoms with E-state index in [0.29, 0.717) is 6.54 Å². The maximum Gasteiger partial charge on any atom is 0.320 e. The van der Waals surface area contributed by atoms with Gasteiger partial charge in [0.15, 0.2) is 0 Å². The van der Waals surface area contributed by atoms with Crippen LogP contribution in [0.1, 0.15) is 30.5 Å². The monoisotopic (exact) mass is 264 g/mol. The van der Waals surface area contributed by atoms with Crippen LogP contribution >= 0.6 is 0 Å². The number of hydrogen-bond acceptors (Lipinski definition) is 3. The molecule has 2 N–H and O–H groups in total. The summed E-state index contributed by atoms with van der Waals surface area (Å²) >= 11 is 0. The number of hydrogen-bond donors (Lipinski definition) is 2. The van der Waals surface area contributed by atoms with E-state index in [1.165, 1.54) is 5.56 Å². The van der Waals surface area contributed by atoms with Gasteiger partial charge >= 0.3 is 6.03 Å². The van der Waals surface area contributed by atoms with Gasteiger partial charge in [-0.05, 0) is 32.1 Å². The van der Waals surface area contributed by atoms with Crippen molar-refractivity contribution in [2.75, 3.05) is 18.5 Å². The minimum atomic E-state index is -0.173. The fourth-order valence-corrected chi connectivity index (χ4v) is 2.84. The highest BCUT2D eigenvalue weighted by Gasteiger charge is 2.22. The van der Waals surface area contributed by atoms with Crippen molar-refractivity contribution >= 4 is 11.8 Å². The summed E-state index contributed by atoms with van der Waals surface area (Å²) in [5.41, 5.74) is 2.31. The zero-order valence-corrected chi connectivity index (χ0v) is 11.2. The van der Waals surface area contributed by atoms with Gasteiger partial charge in [0, 0.05) is 25.8 Å². The Labute approximate surface area is 112 Å². The number of ether oxygens (including phenoxy) is 1. The Hall–Kier alpha value is -1.56. The van der Waals surface area contributed by atoms with Crippen LogP contribution in [0.2, 0.25) is 0 Å². The zero-order valence-electron chi connectivity index (χ0n) is 11.2. The lowest BCUT2D eigenvalue weighted by Crippen LogP contribution is -2.35. The molecule has 3 rings (SSSR count). The van der Waals surface area contributed by atoms with Gasteiger partial charge < -0.3 is 10.1 Å². The van der Waals surface area contributed by atoms with E-state index in [0.717, 1.165) is 50.2 Å². The molecule has 6 nitrogen and oxygen atoms in total. The van der Waals surface area contributed by atoms with Crippen LogP contribution in [0.25, 0.3) is 0 Å². The molecule has 104 valence electrons. The standard InChI is InChI=1S/C13H20N4O2/c1-17-12(10-5-2-6-11(10)16-17)15-13(18)14-8-9-4-3-7-19-9/h9H,2-8H2,1H3,(H2,14,15,18). The molecule has 2 amide bonds. The lowest BCUT2D eigenvalue weighted by Gasteiger charge is -2.12. The molecule has 0 saturated carbocycles. The molecule has 0 aromatic carbocycles. The molecule has 1 aromatic rings. The minimum Gasteiger partial charge on any atom is -0.376 e. The second kappa shape index (κ2) is 5.21. The molecule has 2 heterocycles. The molecule has 1 unspecified atom stereocenters. The third kappa shape index (κ3) is 2.58. The summed E-state index contributed by atoms with van der Waals surface area (Å²) in [6.45, 7) is 1.38. The maximum atomic E-state index is 11.9. The summed E-state index contributed by atoms with van der Waals surface area (Å²) in [6, 6.07) is -0.173. The highest BCUT2D eigenvalue weighted by Crippen LogP contribution is 2.27. The number of carbonyl (C=O) groups is 1. The van der Waals surface area contributed by atoms with E-state index in [-0.39, 0.29) is 12.1 Å². The summed E-state index contributed by atoms with van der Waals surface area (Å²) in [6.07, 6.45) is 5.44. The van der Waals surface area contributed by atoms with E-state index in [9.17, 15) is 4.79 Å². The average molecular weight is 264 g/mol. The van der Waals surface area contributed by atoms with Crippen LogP contribution in [0.3, 0.4) is 0 Å². The van der Waals surface area contributed by atoms with Crippen molar-refractivity contribution in [3.05, 3.63) is 11.3 Å². The molecule has 1 aromatic heterocycles. The first-order chi connectivity index (χ1) is 9.24. The number of anilines is 1. The van der Waals surface area contributed by atoms with Crippen LogP contribution in [0.15, 0.2) is 0 Å². The Morgan fingerprint density at radius 3 is 3.16 bits per heavy atom. The highest BCUT2D eigenvalue weighted by molar-refractivity contribution is 5.89. The fourth-order valence-electron chi connectivity index (χ4n) is 2.84. The molecule has 19 heavy (non-hydrogen) atoms. The lowest BCUT2D eigenvalue weighted by molar-refractivity contribution is 0.112. The highest BCUT2D eigenvalue weighted by atomic mass is 16.5. The van der Waals surface area contributed by atoms with Crippen LogP contribution < -0.4 is 10.6 Å². The minimum absolute atomic E-state index is 0.169. The summed E-state index contributed by atoms with van der Waals surface area (Å²) in [7, 11) is 1.87. The summed E-state index contributed by atoms with van der Waals surface area (Å²) in [4.78, 5) is 11.9. The molecule has 2 aliphatic rings. The van der Waals surface area contributed by atoms with Crippen LogP contribution in [-0.4, -0.2) is 35.1 Å². The first-order valence-corrected chi connectivity index (χ1v) is 6.95. The Morgan fingerprint density at radius 2 is 2.37 bits per heavy atom. The maximum absolute atomic E-state index is 11.9. The molecule has 0 spiro atoms. The number of nitrogens with zero attached hydrogens (tertiary/aromatic N) is 2. The Morgan fingerprint density at radius 1 is 1.47 bits per heavy atom. The SMILES string of the molecule is Cn1nc2c(c1NC(=O)NCC1CCCO1)CCC2. The van der Waals surface area contributed by atoms with Crippen molar-refractivity contribution in [1.29, 1.82) is 0 Å². The predicted octanol–water partition coefficient (Wildman–Crippen LogP) is 1.21. The van der Waals surface area contributed by atoms with Gasteiger partial charge in [0.25, 0.3) is 0 Å². The van der Waals surface area contributed by atoms with Gasteiger partial charge in [0.1, 0.15) is 5.82 Å². The number of nitrogens with one attached hydrogen (secondary N) is 2. The summed E-state index contributed by atoms with van der Waals surface area (Å²) < 4.78 is 7.24. The number of aryl methyl sites for hydroxylation is 2. The average Bonchev–Trinajstić information content (AvgIpc) is 3.07. The van der Waals surface area contributed by atoms with Crippen LogP contribution in [-0.2, 0) is 24.6 Å². The molecule has 0 radical (unpaired) electrons. The van der Waals surface area contributed by atoms with Crippen LogP contribution in [0, 0.1) is 0 Å².